The molecule has 0 fully saturated rings. The van der Waals surface area contributed by atoms with Crippen LogP contribution < -0.4 is 10.1 Å². The number of ether oxygens (including phenoxy) is 1. The zero-order valence-corrected chi connectivity index (χ0v) is 17.3. The Labute approximate surface area is 172 Å². The van der Waals surface area contributed by atoms with Crippen molar-refractivity contribution in [1.29, 1.82) is 0 Å². The van der Waals surface area contributed by atoms with Gasteiger partial charge in [-0.2, -0.15) is 0 Å². The summed E-state index contributed by atoms with van der Waals surface area (Å²) < 4.78 is 7.08. The van der Waals surface area contributed by atoms with Crippen LogP contribution in [-0.2, 0) is 13.2 Å². The van der Waals surface area contributed by atoms with Gasteiger partial charge in [-0.05, 0) is 54.4 Å². The molecule has 0 aliphatic carbocycles. The van der Waals surface area contributed by atoms with E-state index in [1.54, 1.807) is 12.1 Å². The SMILES string of the molecule is Cc1ccccc1COc1ccc(Br)cc1CNc1cc(Cl)ccc1Cl. The fourth-order valence-electron chi connectivity index (χ4n) is 2.58. The number of halogens is 3. The highest BCUT2D eigenvalue weighted by molar-refractivity contribution is 9.10. The van der Waals surface area contributed by atoms with Crippen LogP contribution >= 0.6 is 39.1 Å². The average molecular weight is 451 g/mol. The predicted molar refractivity (Wildman–Crippen MR) is 113 cm³/mol. The average Bonchev–Trinajstić information content (AvgIpc) is 2.63. The highest BCUT2D eigenvalue weighted by Crippen LogP contribution is 2.29. The number of anilines is 1. The van der Waals surface area contributed by atoms with Gasteiger partial charge < -0.3 is 10.1 Å². The van der Waals surface area contributed by atoms with Gasteiger partial charge in [0.25, 0.3) is 0 Å². The fourth-order valence-corrected chi connectivity index (χ4v) is 3.34. The van der Waals surface area contributed by atoms with E-state index >= 15 is 0 Å². The molecule has 0 aliphatic rings. The quantitative estimate of drug-likeness (QED) is 0.426. The molecular formula is C21H18BrCl2NO. The topological polar surface area (TPSA) is 21.3 Å². The lowest BCUT2D eigenvalue weighted by Crippen LogP contribution is -2.05. The van der Waals surface area contributed by atoms with Crippen LogP contribution in [0.3, 0.4) is 0 Å². The Balaban J connectivity index is 1.75. The van der Waals surface area contributed by atoms with E-state index in [2.05, 4.69) is 40.3 Å². The van der Waals surface area contributed by atoms with Gasteiger partial charge in [0, 0.05) is 21.6 Å². The van der Waals surface area contributed by atoms with Crippen LogP contribution in [0, 0.1) is 6.92 Å². The molecule has 0 spiro atoms. The van der Waals surface area contributed by atoms with Gasteiger partial charge in [0.05, 0.1) is 10.7 Å². The number of aryl methyl sites for hydroxylation is 1. The van der Waals surface area contributed by atoms with E-state index in [9.17, 15) is 0 Å². The number of nitrogens with one attached hydrogen (secondary N) is 1. The van der Waals surface area contributed by atoms with Crippen LogP contribution in [0.15, 0.2) is 65.1 Å². The second kappa shape index (κ2) is 8.81. The second-order valence-corrected chi connectivity index (χ2v) is 7.70. The molecule has 0 saturated heterocycles. The Morgan fingerprint density at radius 2 is 1.77 bits per heavy atom. The minimum Gasteiger partial charge on any atom is -0.489 e. The molecule has 0 aliphatic heterocycles. The van der Waals surface area contributed by atoms with Crippen LogP contribution in [0.25, 0.3) is 0 Å². The van der Waals surface area contributed by atoms with Gasteiger partial charge in [-0.1, -0.05) is 63.4 Å². The molecule has 134 valence electrons. The second-order valence-electron chi connectivity index (χ2n) is 5.94. The summed E-state index contributed by atoms with van der Waals surface area (Å²) in [5, 5.41) is 4.60. The van der Waals surface area contributed by atoms with Gasteiger partial charge in [0.15, 0.2) is 0 Å². The highest BCUT2D eigenvalue weighted by atomic mass is 79.9. The van der Waals surface area contributed by atoms with E-state index in [0.717, 1.165) is 21.5 Å². The highest BCUT2D eigenvalue weighted by Gasteiger charge is 2.08. The van der Waals surface area contributed by atoms with Gasteiger partial charge in [-0.25, -0.2) is 0 Å². The minimum absolute atomic E-state index is 0.527. The Hall–Kier alpha value is -1.68. The summed E-state index contributed by atoms with van der Waals surface area (Å²) in [6.45, 7) is 3.19. The van der Waals surface area contributed by atoms with Crippen molar-refractivity contribution in [3.8, 4) is 5.75 Å². The molecule has 3 rings (SSSR count). The third-order valence-electron chi connectivity index (χ3n) is 4.06. The molecule has 1 N–H and O–H groups in total. The first-order valence-electron chi connectivity index (χ1n) is 8.17. The molecule has 0 saturated carbocycles. The van der Waals surface area contributed by atoms with Crippen molar-refractivity contribution in [2.75, 3.05) is 5.32 Å². The third-order valence-corrected chi connectivity index (χ3v) is 5.12. The normalized spacial score (nSPS) is 10.6. The van der Waals surface area contributed by atoms with E-state index in [1.165, 1.54) is 11.1 Å². The molecule has 3 aromatic rings. The molecule has 0 unspecified atom stereocenters. The van der Waals surface area contributed by atoms with Gasteiger partial charge in [0.2, 0.25) is 0 Å². The first-order valence-corrected chi connectivity index (χ1v) is 9.72. The van der Waals surface area contributed by atoms with Crippen molar-refractivity contribution in [2.45, 2.75) is 20.1 Å². The first kappa shape index (κ1) is 19.1. The minimum atomic E-state index is 0.527. The van der Waals surface area contributed by atoms with Gasteiger partial charge >= 0.3 is 0 Å². The summed E-state index contributed by atoms with van der Waals surface area (Å²) in [7, 11) is 0. The zero-order chi connectivity index (χ0) is 18.5. The summed E-state index contributed by atoms with van der Waals surface area (Å²) in [4.78, 5) is 0. The Morgan fingerprint density at radius 1 is 0.962 bits per heavy atom. The van der Waals surface area contributed by atoms with Crippen molar-refractivity contribution < 1.29 is 4.74 Å². The molecule has 0 heterocycles. The monoisotopic (exact) mass is 449 g/mol. The number of hydrogen-bond acceptors (Lipinski definition) is 2. The molecular weight excluding hydrogens is 433 g/mol. The molecule has 0 bridgehead atoms. The first-order chi connectivity index (χ1) is 12.5. The molecule has 0 aromatic heterocycles. The Bertz CT molecular complexity index is 914. The van der Waals surface area contributed by atoms with Crippen molar-refractivity contribution in [1.82, 2.24) is 0 Å². The van der Waals surface area contributed by atoms with Gasteiger partial charge in [0.1, 0.15) is 12.4 Å². The lowest BCUT2D eigenvalue weighted by Gasteiger charge is -2.15. The van der Waals surface area contributed by atoms with Gasteiger partial charge in [-0.3, -0.25) is 0 Å². The van der Waals surface area contributed by atoms with Crippen molar-refractivity contribution in [2.24, 2.45) is 0 Å². The maximum absolute atomic E-state index is 6.23. The van der Waals surface area contributed by atoms with Crippen molar-refractivity contribution >= 4 is 44.8 Å². The largest absolute Gasteiger partial charge is 0.489 e. The van der Waals surface area contributed by atoms with Crippen LogP contribution in [0.1, 0.15) is 16.7 Å². The van der Waals surface area contributed by atoms with E-state index < -0.39 is 0 Å². The standard InChI is InChI=1S/C21H18BrCl2NO/c1-14-4-2-3-5-15(14)13-26-21-9-6-17(22)10-16(21)12-25-20-11-18(23)7-8-19(20)24/h2-11,25H,12-13H2,1H3. The van der Waals surface area contributed by atoms with E-state index in [-0.39, 0.29) is 0 Å². The summed E-state index contributed by atoms with van der Waals surface area (Å²) >= 11 is 15.8. The number of rotatable bonds is 6. The summed E-state index contributed by atoms with van der Waals surface area (Å²) in [5.41, 5.74) is 4.22. The lowest BCUT2D eigenvalue weighted by atomic mass is 10.1. The molecule has 26 heavy (non-hydrogen) atoms. The van der Waals surface area contributed by atoms with Crippen molar-refractivity contribution in [3.63, 3.8) is 0 Å². The molecule has 2 nitrogen and oxygen atoms in total. The maximum atomic E-state index is 6.23. The van der Waals surface area contributed by atoms with Crippen LogP contribution in [-0.4, -0.2) is 0 Å². The number of benzene rings is 3. The van der Waals surface area contributed by atoms with Crippen LogP contribution in [0.5, 0.6) is 5.75 Å². The molecule has 0 amide bonds. The summed E-state index contributed by atoms with van der Waals surface area (Å²) in [6.07, 6.45) is 0. The lowest BCUT2D eigenvalue weighted by molar-refractivity contribution is 0.302. The van der Waals surface area contributed by atoms with E-state index in [4.69, 9.17) is 27.9 Å². The van der Waals surface area contributed by atoms with Crippen LogP contribution in [0.2, 0.25) is 10.0 Å². The van der Waals surface area contributed by atoms with Crippen molar-refractivity contribution in [3.05, 3.63) is 91.9 Å². The smallest absolute Gasteiger partial charge is 0.124 e. The van der Waals surface area contributed by atoms with E-state index in [1.807, 2.05) is 36.4 Å². The Morgan fingerprint density at radius 3 is 2.58 bits per heavy atom. The zero-order valence-electron chi connectivity index (χ0n) is 14.2. The predicted octanol–water partition coefficient (Wildman–Crippen LogP) is 7.26. The third kappa shape index (κ3) is 4.94. The summed E-state index contributed by atoms with van der Waals surface area (Å²) in [6, 6.07) is 19.6. The van der Waals surface area contributed by atoms with Crippen LogP contribution in [0.4, 0.5) is 5.69 Å². The molecule has 3 aromatic carbocycles. The maximum Gasteiger partial charge on any atom is 0.124 e. The summed E-state index contributed by atoms with van der Waals surface area (Å²) in [5.74, 6) is 0.835. The molecule has 0 atom stereocenters. The molecule has 5 heteroatoms. The van der Waals surface area contributed by atoms with Gasteiger partial charge in [-0.15, -0.1) is 0 Å². The Kier molecular flexibility index (Phi) is 6.47. The fraction of sp³-hybridized carbons (Fsp3) is 0.143. The van der Waals surface area contributed by atoms with E-state index in [0.29, 0.717) is 23.2 Å². The molecule has 0 radical (unpaired) electrons. The number of hydrogen-bond donors (Lipinski definition) is 1.